The molecule has 0 radical (unpaired) electrons. The van der Waals surface area contributed by atoms with Crippen molar-refractivity contribution in [2.24, 2.45) is 0 Å². The maximum Gasteiger partial charge on any atom is 0.321 e. The van der Waals surface area contributed by atoms with Gasteiger partial charge in [0, 0.05) is 44.8 Å². The summed E-state index contributed by atoms with van der Waals surface area (Å²) in [5, 5.41) is 3.07. The predicted molar refractivity (Wildman–Crippen MR) is 115 cm³/mol. The molecule has 7 heteroatoms. The fourth-order valence-corrected chi connectivity index (χ4v) is 4.11. The van der Waals surface area contributed by atoms with Gasteiger partial charge in [-0.25, -0.2) is 9.18 Å². The molecule has 0 unspecified atom stereocenters. The van der Waals surface area contributed by atoms with Crippen molar-refractivity contribution < 1.29 is 14.0 Å². The molecule has 0 aromatic heterocycles. The standard InChI is InChI=1S/C23H27FN4O2/c24-19-10-8-18(9-11-19)22(29)27-14-5-15-28(17-16-27)23(30)25-20-6-1-2-7-21(20)26-12-3-4-13-26/h1-2,6-11H,3-5,12-17H2,(H,25,30). The number of anilines is 2. The van der Waals surface area contributed by atoms with Crippen molar-refractivity contribution in [1.82, 2.24) is 9.80 Å². The van der Waals surface area contributed by atoms with Crippen molar-refractivity contribution in [3.05, 3.63) is 59.9 Å². The molecular formula is C23H27FN4O2. The maximum atomic E-state index is 13.1. The van der Waals surface area contributed by atoms with Crippen LogP contribution < -0.4 is 10.2 Å². The van der Waals surface area contributed by atoms with Gasteiger partial charge in [-0.3, -0.25) is 4.79 Å². The van der Waals surface area contributed by atoms with E-state index in [0.29, 0.717) is 38.2 Å². The highest BCUT2D eigenvalue weighted by Gasteiger charge is 2.24. The summed E-state index contributed by atoms with van der Waals surface area (Å²) in [5.41, 5.74) is 2.35. The minimum atomic E-state index is -0.362. The molecule has 0 bridgehead atoms. The van der Waals surface area contributed by atoms with E-state index in [9.17, 15) is 14.0 Å². The van der Waals surface area contributed by atoms with Gasteiger partial charge in [0.2, 0.25) is 0 Å². The van der Waals surface area contributed by atoms with Gasteiger partial charge in [-0.05, 0) is 55.7 Å². The lowest BCUT2D eigenvalue weighted by atomic mass is 10.2. The number of halogens is 1. The van der Waals surface area contributed by atoms with Crippen LogP contribution in [0.25, 0.3) is 0 Å². The van der Waals surface area contributed by atoms with E-state index in [-0.39, 0.29) is 17.8 Å². The minimum Gasteiger partial charge on any atom is -0.370 e. The molecule has 0 atom stereocenters. The number of rotatable bonds is 3. The van der Waals surface area contributed by atoms with Gasteiger partial charge >= 0.3 is 6.03 Å². The first-order valence-electron chi connectivity index (χ1n) is 10.6. The Labute approximate surface area is 176 Å². The Bertz CT molecular complexity index is 896. The Morgan fingerprint density at radius 1 is 0.767 bits per heavy atom. The monoisotopic (exact) mass is 410 g/mol. The molecule has 2 aliphatic heterocycles. The van der Waals surface area contributed by atoms with E-state index in [1.54, 1.807) is 9.80 Å². The molecule has 4 rings (SSSR count). The fourth-order valence-electron chi connectivity index (χ4n) is 4.11. The average Bonchev–Trinajstić information content (AvgIpc) is 3.18. The van der Waals surface area contributed by atoms with Crippen LogP contribution in [-0.2, 0) is 0 Å². The summed E-state index contributed by atoms with van der Waals surface area (Å²) in [4.78, 5) is 31.4. The van der Waals surface area contributed by atoms with Gasteiger partial charge in [0.25, 0.3) is 5.91 Å². The van der Waals surface area contributed by atoms with Gasteiger partial charge in [-0.2, -0.15) is 0 Å². The molecule has 0 spiro atoms. The molecular weight excluding hydrogens is 383 g/mol. The van der Waals surface area contributed by atoms with Crippen LogP contribution in [0.15, 0.2) is 48.5 Å². The number of urea groups is 1. The van der Waals surface area contributed by atoms with E-state index < -0.39 is 0 Å². The Morgan fingerprint density at radius 2 is 1.43 bits per heavy atom. The van der Waals surface area contributed by atoms with Crippen LogP contribution in [0, 0.1) is 5.82 Å². The maximum absolute atomic E-state index is 13.1. The molecule has 30 heavy (non-hydrogen) atoms. The first kappa shape index (κ1) is 20.2. The number of carbonyl (C=O) groups excluding carboxylic acids is 2. The molecule has 2 aliphatic rings. The third kappa shape index (κ3) is 4.56. The fraction of sp³-hybridized carbons (Fsp3) is 0.391. The van der Waals surface area contributed by atoms with E-state index >= 15 is 0 Å². The predicted octanol–water partition coefficient (Wildman–Crippen LogP) is 3.81. The van der Waals surface area contributed by atoms with Crippen LogP contribution in [-0.4, -0.2) is 61.0 Å². The lowest BCUT2D eigenvalue weighted by Crippen LogP contribution is -2.39. The SMILES string of the molecule is O=C(Nc1ccccc1N1CCCC1)N1CCCN(C(=O)c2ccc(F)cc2)CC1. The molecule has 2 aromatic rings. The second kappa shape index (κ2) is 9.15. The summed E-state index contributed by atoms with van der Waals surface area (Å²) in [7, 11) is 0. The first-order chi connectivity index (χ1) is 14.6. The summed E-state index contributed by atoms with van der Waals surface area (Å²) >= 11 is 0. The number of amides is 3. The zero-order valence-corrected chi connectivity index (χ0v) is 17.0. The first-order valence-corrected chi connectivity index (χ1v) is 10.6. The second-order valence-electron chi connectivity index (χ2n) is 7.78. The quantitative estimate of drug-likeness (QED) is 0.837. The molecule has 2 heterocycles. The molecule has 0 saturated carbocycles. The normalized spacial score (nSPS) is 17.0. The van der Waals surface area contributed by atoms with Gasteiger partial charge in [0.15, 0.2) is 0 Å². The van der Waals surface area contributed by atoms with E-state index in [2.05, 4.69) is 10.2 Å². The lowest BCUT2D eigenvalue weighted by Gasteiger charge is -2.25. The highest BCUT2D eigenvalue weighted by atomic mass is 19.1. The van der Waals surface area contributed by atoms with E-state index in [1.807, 2.05) is 24.3 Å². The van der Waals surface area contributed by atoms with Crippen molar-refractivity contribution in [2.45, 2.75) is 19.3 Å². The van der Waals surface area contributed by atoms with Crippen LogP contribution in [0.4, 0.5) is 20.6 Å². The van der Waals surface area contributed by atoms with Gasteiger partial charge in [-0.15, -0.1) is 0 Å². The zero-order chi connectivity index (χ0) is 20.9. The number of nitrogens with one attached hydrogen (secondary N) is 1. The van der Waals surface area contributed by atoms with Gasteiger partial charge in [0.1, 0.15) is 5.82 Å². The van der Waals surface area contributed by atoms with E-state index in [0.717, 1.165) is 24.5 Å². The number of hydrogen-bond donors (Lipinski definition) is 1. The number of nitrogens with zero attached hydrogens (tertiary/aromatic N) is 3. The van der Waals surface area contributed by atoms with Crippen LogP contribution in [0.3, 0.4) is 0 Å². The van der Waals surface area contributed by atoms with Gasteiger partial charge in [-0.1, -0.05) is 12.1 Å². The molecule has 6 nitrogen and oxygen atoms in total. The van der Waals surface area contributed by atoms with Gasteiger partial charge < -0.3 is 20.0 Å². The lowest BCUT2D eigenvalue weighted by molar-refractivity contribution is 0.0762. The summed E-state index contributed by atoms with van der Waals surface area (Å²) in [6, 6.07) is 13.4. The number of carbonyl (C=O) groups is 2. The summed E-state index contributed by atoms with van der Waals surface area (Å²) in [6.45, 7) is 4.10. The molecule has 2 aromatic carbocycles. The zero-order valence-electron chi connectivity index (χ0n) is 17.0. The third-order valence-corrected chi connectivity index (χ3v) is 5.75. The highest BCUT2D eigenvalue weighted by molar-refractivity contribution is 5.95. The average molecular weight is 410 g/mol. The van der Waals surface area contributed by atoms with Crippen molar-refractivity contribution in [3.63, 3.8) is 0 Å². The summed E-state index contributed by atoms with van der Waals surface area (Å²) in [5.74, 6) is -0.490. The Balaban J connectivity index is 1.38. The Kier molecular flexibility index (Phi) is 6.16. The molecule has 2 saturated heterocycles. The topological polar surface area (TPSA) is 55.9 Å². The number of benzene rings is 2. The van der Waals surface area contributed by atoms with Crippen molar-refractivity contribution >= 4 is 23.3 Å². The molecule has 0 aliphatic carbocycles. The Hall–Kier alpha value is -3.09. The van der Waals surface area contributed by atoms with Crippen LogP contribution in [0.2, 0.25) is 0 Å². The largest absolute Gasteiger partial charge is 0.370 e. The van der Waals surface area contributed by atoms with E-state index in [1.165, 1.54) is 37.1 Å². The van der Waals surface area contributed by atoms with Crippen molar-refractivity contribution in [3.8, 4) is 0 Å². The smallest absolute Gasteiger partial charge is 0.321 e. The number of hydrogen-bond acceptors (Lipinski definition) is 3. The highest BCUT2D eigenvalue weighted by Crippen LogP contribution is 2.29. The van der Waals surface area contributed by atoms with Crippen LogP contribution in [0.1, 0.15) is 29.6 Å². The molecule has 1 N–H and O–H groups in total. The molecule has 158 valence electrons. The van der Waals surface area contributed by atoms with E-state index in [4.69, 9.17) is 0 Å². The van der Waals surface area contributed by atoms with Crippen molar-refractivity contribution in [2.75, 3.05) is 49.5 Å². The molecule has 2 fully saturated rings. The van der Waals surface area contributed by atoms with Crippen LogP contribution >= 0.6 is 0 Å². The van der Waals surface area contributed by atoms with Crippen LogP contribution in [0.5, 0.6) is 0 Å². The number of para-hydroxylation sites is 2. The minimum absolute atomic E-state index is 0.128. The third-order valence-electron chi connectivity index (χ3n) is 5.75. The summed E-state index contributed by atoms with van der Waals surface area (Å²) < 4.78 is 13.1. The Morgan fingerprint density at radius 3 is 2.20 bits per heavy atom. The second-order valence-corrected chi connectivity index (χ2v) is 7.78. The van der Waals surface area contributed by atoms with Gasteiger partial charge in [0.05, 0.1) is 11.4 Å². The summed E-state index contributed by atoms with van der Waals surface area (Å²) in [6.07, 6.45) is 3.05. The van der Waals surface area contributed by atoms with Crippen molar-refractivity contribution in [1.29, 1.82) is 0 Å². The molecule has 3 amide bonds.